The molecule has 0 radical (unpaired) electrons. The zero-order valence-electron chi connectivity index (χ0n) is 7.86. The third-order valence-corrected chi connectivity index (χ3v) is 3.70. The molecule has 0 N–H and O–H groups in total. The molecule has 0 atom stereocenters. The van der Waals surface area contributed by atoms with Crippen LogP contribution in [0.15, 0.2) is 23.3 Å². The van der Waals surface area contributed by atoms with Crippen molar-refractivity contribution in [1.82, 2.24) is 0 Å². The lowest BCUT2D eigenvalue weighted by molar-refractivity contribution is 0.135. The summed E-state index contributed by atoms with van der Waals surface area (Å²) >= 11 is 3.64. The molecule has 0 aromatic heterocycles. The molecule has 0 aromatic carbocycles. The van der Waals surface area contributed by atoms with E-state index in [1.807, 2.05) is 0 Å². The van der Waals surface area contributed by atoms with Crippen molar-refractivity contribution < 1.29 is 4.74 Å². The van der Waals surface area contributed by atoms with Gasteiger partial charge < -0.3 is 4.74 Å². The monoisotopic (exact) mass is 230 g/mol. The molecule has 0 amide bonds. The topological polar surface area (TPSA) is 9.23 Å². The molecule has 1 rings (SSSR count). The Morgan fingerprint density at radius 1 is 1.25 bits per heavy atom. The first-order valence-corrected chi connectivity index (χ1v) is 5.13. The van der Waals surface area contributed by atoms with Gasteiger partial charge in [-0.25, -0.2) is 0 Å². The van der Waals surface area contributed by atoms with Crippen LogP contribution in [-0.4, -0.2) is 11.6 Å². The maximum absolute atomic E-state index is 5.49. The van der Waals surface area contributed by atoms with E-state index >= 15 is 0 Å². The van der Waals surface area contributed by atoms with Gasteiger partial charge in [-0.15, -0.1) is 0 Å². The van der Waals surface area contributed by atoms with Crippen LogP contribution in [0.4, 0.5) is 0 Å². The fraction of sp³-hybridized carbons (Fsp3) is 0.600. The Balaban J connectivity index is 2.91. The molecule has 0 aromatic rings. The van der Waals surface area contributed by atoms with Crippen molar-refractivity contribution in [3.8, 4) is 0 Å². The minimum Gasteiger partial charge on any atom is -0.359 e. The van der Waals surface area contributed by atoms with Crippen molar-refractivity contribution in [2.24, 2.45) is 0 Å². The van der Waals surface area contributed by atoms with Gasteiger partial charge in [0.2, 0.25) is 0 Å². The smallest absolute Gasteiger partial charge is 0.165 e. The summed E-state index contributed by atoms with van der Waals surface area (Å²) in [6.07, 6.45) is 6.35. The fourth-order valence-electron chi connectivity index (χ4n) is 1.57. The summed E-state index contributed by atoms with van der Waals surface area (Å²) in [5.74, 6) is 0. The van der Waals surface area contributed by atoms with Crippen LogP contribution < -0.4 is 0 Å². The second-order valence-corrected chi connectivity index (χ2v) is 4.01. The van der Waals surface area contributed by atoms with Crippen molar-refractivity contribution in [3.63, 3.8) is 0 Å². The van der Waals surface area contributed by atoms with Crippen molar-refractivity contribution in [2.75, 3.05) is 7.11 Å². The third kappa shape index (κ3) is 1.38. The van der Waals surface area contributed by atoms with E-state index in [-0.39, 0.29) is 4.51 Å². The molecule has 0 unspecified atom stereocenters. The molecule has 1 aliphatic rings. The van der Waals surface area contributed by atoms with Gasteiger partial charge in [0.05, 0.1) is 0 Å². The van der Waals surface area contributed by atoms with Crippen LogP contribution >= 0.6 is 15.9 Å². The van der Waals surface area contributed by atoms with Gasteiger partial charge >= 0.3 is 0 Å². The Kier molecular flexibility index (Phi) is 3.13. The summed E-state index contributed by atoms with van der Waals surface area (Å²) in [4.78, 5) is 0. The Bertz CT molecular complexity index is 208. The van der Waals surface area contributed by atoms with E-state index in [9.17, 15) is 0 Å². The predicted octanol–water partition coefficient (Wildman–Crippen LogP) is 3.41. The maximum Gasteiger partial charge on any atom is 0.165 e. The standard InChI is InChI=1S/C10H15BrO/c1-4-8-6-7-9(5-2)10(8,11)12-3/h6-7H,4-5H2,1-3H3. The summed E-state index contributed by atoms with van der Waals surface area (Å²) in [6.45, 7) is 4.29. The molecule has 0 spiro atoms. The van der Waals surface area contributed by atoms with E-state index in [1.54, 1.807) is 7.11 Å². The molecule has 1 nitrogen and oxygen atoms in total. The van der Waals surface area contributed by atoms with Gasteiger partial charge in [0.15, 0.2) is 4.51 Å². The Hall–Kier alpha value is -0.0800. The molecule has 68 valence electrons. The van der Waals surface area contributed by atoms with Crippen LogP contribution in [-0.2, 0) is 4.74 Å². The number of hydrogen-bond donors (Lipinski definition) is 0. The molecule has 0 bridgehead atoms. The highest BCUT2D eigenvalue weighted by molar-refractivity contribution is 9.10. The summed E-state index contributed by atoms with van der Waals surface area (Å²) in [5, 5.41) is 0. The summed E-state index contributed by atoms with van der Waals surface area (Å²) in [7, 11) is 1.74. The van der Waals surface area contributed by atoms with Gasteiger partial charge in [0, 0.05) is 7.11 Å². The first kappa shape index (κ1) is 10.0. The van der Waals surface area contributed by atoms with Crippen molar-refractivity contribution in [2.45, 2.75) is 31.2 Å². The summed E-state index contributed by atoms with van der Waals surface area (Å²) in [6, 6.07) is 0. The van der Waals surface area contributed by atoms with Crippen LogP contribution in [0.5, 0.6) is 0 Å². The average Bonchev–Trinajstić information content (AvgIpc) is 2.42. The lowest BCUT2D eigenvalue weighted by atomic mass is 10.0. The largest absolute Gasteiger partial charge is 0.359 e. The Morgan fingerprint density at radius 2 is 1.67 bits per heavy atom. The van der Waals surface area contributed by atoms with E-state index in [4.69, 9.17) is 4.74 Å². The highest BCUT2D eigenvalue weighted by Crippen LogP contribution is 2.42. The van der Waals surface area contributed by atoms with Gasteiger partial charge in [0.25, 0.3) is 0 Å². The second kappa shape index (κ2) is 3.75. The van der Waals surface area contributed by atoms with Gasteiger partial charge in [-0.05, 0) is 39.9 Å². The molecule has 0 aliphatic heterocycles. The molecule has 0 heterocycles. The van der Waals surface area contributed by atoms with Crippen LogP contribution in [0, 0.1) is 0 Å². The molecule has 0 saturated carbocycles. The lowest BCUT2D eigenvalue weighted by Gasteiger charge is -2.27. The molecular formula is C10H15BrO. The highest BCUT2D eigenvalue weighted by atomic mass is 79.9. The number of halogens is 1. The van der Waals surface area contributed by atoms with Gasteiger partial charge in [-0.3, -0.25) is 0 Å². The van der Waals surface area contributed by atoms with Gasteiger partial charge in [0.1, 0.15) is 0 Å². The summed E-state index contributed by atoms with van der Waals surface area (Å²) in [5.41, 5.74) is 2.61. The maximum atomic E-state index is 5.49. The molecule has 12 heavy (non-hydrogen) atoms. The van der Waals surface area contributed by atoms with Crippen LogP contribution in [0.1, 0.15) is 26.7 Å². The first-order chi connectivity index (χ1) is 5.69. The number of hydrogen-bond acceptors (Lipinski definition) is 1. The number of allylic oxidation sites excluding steroid dienone is 2. The van der Waals surface area contributed by atoms with Gasteiger partial charge in [-0.2, -0.15) is 0 Å². The quantitative estimate of drug-likeness (QED) is 0.676. The number of rotatable bonds is 3. The molecule has 0 fully saturated rings. The number of methoxy groups -OCH3 is 1. The minimum atomic E-state index is -0.295. The van der Waals surface area contributed by atoms with Crippen molar-refractivity contribution in [1.29, 1.82) is 0 Å². The molecule has 1 aliphatic carbocycles. The van der Waals surface area contributed by atoms with E-state index in [1.165, 1.54) is 11.1 Å². The van der Waals surface area contributed by atoms with Crippen molar-refractivity contribution in [3.05, 3.63) is 23.3 Å². The van der Waals surface area contributed by atoms with Crippen LogP contribution in [0.3, 0.4) is 0 Å². The zero-order chi connectivity index (χ0) is 9.19. The number of alkyl halides is 1. The van der Waals surface area contributed by atoms with Crippen LogP contribution in [0.2, 0.25) is 0 Å². The number of ether oxygens (including phenoxy) is 1. The highest BCUT2D eigenvalue weighted by Gasteiger charge is 2.35. The zero-order valence-corrected chi connectivity index (χ0v) is 9.44. The Labute approximate surface area is 82.6 Å². The lowest BCUT2D eigenvalue weighted by Crippen LogP contribution is -2.25. The average molecular weight is 231 g/mol. The van der Waals surface area contributed by atoms with E-state index in [0.717, 1.165) is 12.8 Å². The summed E-state index contributed by atoms with van der Waals surface area (Å²) < 4.78 is 5.19. The second-order valence-electron chi connectivity index (χ2n) is 2.89. The molecular weight excluding hydrogens is 216 g/mol. The van der Waals surface area contributed by atoms with Gasteiger partial charge in [-0.1, -0.05) is 26.0 Å². The molecule has 2 heteroatoms. The van der Waals surface area contributed by atoms with Crippen LogP contribution in [0.25, 0.3) is 0 Å². The van der Waals surface area contributed by atoms with E-state index < -0.39 is 0 Å². The Morgan fingerprint density at radius 3 is 1.92 bits per heavy atom. The van der Waals surface area contributed by atoms with E-state index in [2.05, 4.69) is 41.9 Å². The minimum absolute atomic E-state index is 0.295. The first-order valence-electron chi connectivity index (χ1n) is 4.33. The van der Waals surface area contributed by atoms with E-state index in [0.29, 0.717) is 0 Å². The third-order valence-electron chi connectivity index (χ3n) is 2.35. The van der Waals surface area contributed by atoms with Crippen molar-refractivity contribution >= 4 is 15.9 Å². The SMILES string of the molecule is CCC1=CC=C(CC)C1(Br)OC. The molecule has 0 saturated heterocycles. The normalized spacial score (nSPS) is 20.7. The fourth-order valence-corrected chi connectivity index (χ4v) is 2.40. The predicted molar refractivity (Wildman–Crippen MR) is 55.4 cm³/mol.